The molecule has 0 radical (unpaired) electrons. The summed E-state index contributed by atoms with van der Waals surface area (Å²) < 4.78 is 1.93. The number of aryl methyl sites for hydroxylation is 1. The molecular formula is C9H15N5. The summed E-state index contributed by atoms with van der Waals surface area (Å²) in [4.78, 5) is 4.30. The zero-order valence-corrected chi connectivity index (χ0v) is 8.56. The van der Waals surface area contributed by atoms with E-state index in [-0.39, 0.29) is 0 Å². The van der Waals surface area contributed by atoms with Gasteiger partial charge in [-0.15, -0.1) is 10.2 Å². The lowest BCUT2D eigenvalue weighted by Crippen LogP contribution is -2.14. The van der Waals surface area contributed by atoms with Crippen LogP contribution in [0.4, 0.5) is 0 Å². The fraction of sp³-hybridized carbons (Fsp3) is 0.667. The molecule has 1 saturated carbocycles. The minimum absolute atomic E-state index is 0.532. The second-order valence-electron chi connectivity index (χ2n) is 3.74. The van der Waals surface area contributed by atoms with Gasteiger partial charge >= 0.3 is 0 Å². The van der Waals surface area contributed by atoms with Crippen LogP contribution in [0, 0.1) is 12.8 Å². The number of hydrogen-bond donors (Lipinski definition) is 1. The first kappa shape index (κ1) is 9.18. The molecule has 2 N–H and O–H groups in total. The molecular weight excluding hydrogens is 178 g/mol. The molecule has 1 fully saturated rings. The van der Waals surface area contributed by atoms with Gasteiger partial charge in [-0.3, -0.25) is 4.99 Å². The summed E-state index contributed by atoms with van der Waals surface area (Å²) in [7, 11) is 1.94. The van der Waals surface area contributed by atoms with Crippen LogP contribution in [0.3, 0.4) is 0 Å². The molecule has 0 saturated heterocycles. The van der Waals surface area contributed by atoms with Crippen LogP contribution >= 0.6 is 0 Å². The van der Waals surface area contributed by atoms with Gasteiger partial charge in [-0.1, -0.05) is 0 Å². The molecule has 14 heavy (non-hydrogen) atoms. The monoisotopic (exact) mass is 193 g/mol. The Kier molecular flexibility index (Phi) is 2.23. The second-order valence-corrected chi connectivity index (χ2v) is 3.74. The van der Waals surface area contributed by atoms with Gasteiger partial charge in [0.1, 0.15) is 12.4 Å². The molecule has 0 aliphatic heterocycles. The third kappa shape index (κ3) is 1.76. The molecule has 5 nitrogen and oxygen atoms in total. The Morgan fingerprint density at radius 2 is 2.29 bits per heavy atom. The van der Waals surface area contributed by atoms with Crippen molar-refractivity contribution < 1.29 is 0 Å². The topological polar surface area (TPSA) is 69.1 Å². The molecule has 0 bridgehead atoms. The van der Waals surface area contributed by atoms with Crippen LogP contribution < -0.4 is 5.73 Å². The van der Waals surface area contributed by atoms with Gasteiger partial charge in [0, 0.05) is 13.0 Å². The molecule has 2 rings (SSSR count). The van der Waals surface area contributed by atoms with Gasteiger partial charge < -0.3 is 10.3 Å². The van der Waals surface area contributed by atoms with Crippen molar-refractivity contribution in [2.24, 2.45) is 23.7 Å². The van der Waals surface area contributed by atoms with Gasteiger partial charge in [0.25, 0.3) is 0 Å². The van der Waals surface area contributed by atoms with E-state index in [2.05, 4.69) is 15.2 Å². The predicted octanol–water partition coefficient (Wildman–Crippen LogP) is 0.391. The molecule has 76 valence electrons. The maximum absolute atomic E-state index is 5.78. The lowest BCUT2D eigenvalue weighted by atomic mass is 10.4. The molecule has 1 aliphatic rings. The highest BCUT2D eigenvalue weighted by atomic mass is 15.3. The average Bonchev–Trinajstić information content (AvgIpc) is 2.95. The van der Waals surface area contributed by atoms with Crippen molar-refractivity contribution in [2.45, 2.75) is 26.3 Å². The van der Waals surface area contributed by atoms with E-state index in [1.54, 1.807) is 0 Å². The minimum Gasteiger partial charge on any atom is -0.387 e. The smallest absolute Gasteiger partial charge is 0.154 e. The molecule has 1 heterocycles. The van der Waals surface area contributed by atoms with E-state index in [9.17, 15) is 0 Å². The maximum Gasteiger partial charge on any atom is 0.154 e. The van der Waals surface area contributed by atoms with Crippen molar-refractivity contribution in [3.05, 3.63) is 11.6 Å². The van der Waals surface area contributed by atoms with E-state index in [0.29, 0.717) is 12.5 Å². The first-order chi connectivity index (χ1) is 6.68. The fourth-order valence-corrected chi connectivity index (χ4v) is 1.26. The van der Waals surface area contributed by atoms with Gasteiger partial charge in [0.05, 0.1) is 5.84 Å². The molecule has 0 unspecified atom stereocenters. The van der Waals surface area contributed by atoms with Gasteiger partial charge in [-0.05, 0) is 19.8 Å². The lowest BCUT2D eigenvalue weighted by molar-refractivity contribution is 0.771. The highest BCUT2D eigenvalue weighted by Crippen LogP contribution is 2.28. The average molecular weight is 193 g/mol. The van der Waals surface area contributed by atoms with Gasteiger partial charge in [-0.25, -0.2) is 0 Å². The highest BCUT2D eigenvalue weighted by molar-refractivity contribution is 5.84. The van der Waals surface area contributed by atoms with Gasteiger partial charge in [-0.2, -0.15) is 0 Å². The first-order valence-corrected chi connectivity index (χ1v) is 4.83. The number of nitrogens with zero attached hydrogens (tertiary/aromatic N) is 4. The van der Waals surface area contributed by atoms with Crippen LogP contribution in [-0.2, 0) is 13.6 Å². The van der Waals surface area contributed by atoms with Gasteiger partial charge in [0.2, 0.25) is 0 Å². The molecule has 0 aromatic carbocycles. The van der Waals surface area contributed by atoms with Crippen molar-refractivity contribution in [3.63, 3.8) is 0 Å². The minimum atomic E-state index is 0.532. The number of aliphatic imine (C=N–C) groups is 1. The molecule has 1 aliphatic carbocycles. The normalized spacial score (nSPS) is 17.4. The van der Waals surface area contributed by atoms with Crippen LogP contribution in [0.1, 0.15) is 24.5 Å². The van der Waals surface area contributed by atoms with Crippen LogP contribution in [0.15, 0.2) is 4.99 Å². The molecule has 0 atom stereocenters. The Bertz CT molecular complexity index is 361. The van der Waals surface area contributed by atoms with E-state index in [4.69, 9.17) is 5.73 Å². The molecule has 5 heteroatoms. The zero-order chi connectivity index (χ0) is 10.1. The van der Waals surface area contributed by atoms with Crippen molar-refractivity contribution >= 4 is 5.84 Å². The Labute approximate surface area is 83.0 Å². The van der Waals surface area contributed by atoms with Crippen LogP contribution in [-0.4, -0.2) is 20.6 Å². The summed E-state index contributed by atoms with van der Waals surface area (Å²) in [5.74, 6) is 3.07. The highest BCUT2D eigenvalue weighted by Gasteiger charge is 2.25. The summed E-state index contributed by atoms with van der Waals surface area (Å²) in [5, 5.41) is 7.97. The summed E-state index contributed by atoms with van der Waals surface area (Å²) >= 11 is 0. The van der Waals surface area contributed by atoms with Gasteiger partial charge in [0.15, 0.2) is 5.82 Å². The van der Waals surface area contributed by atoms with Crippen LogP contribution in [0.2, 0.25) is 0 Å². The third-order valence-corrected chi connectivity index (χ3v) is 2.58. The Morgan fingerprint density at radius 3 is 2.79 bits per heavy atom. The SMILES string of the molecule is Cc1nnc(CN=C(N)C2CC2)n1C. The molecule has 1 aromatic rings. The molecule has 0 spiro atoms. The van der Waals surface area contributed by atoms with E-state index >= 15 is 0 Å². The van der Waals surface area contributed by atoms with Crippen molar-refractivity contribution in [1.29, 1.82) is 0 Å². The van der Waals surface area contributed by atoms with Crippen LogP contribution in [0.25, 0.3) is 0 Å². The van der Waals surface area contributed by atoms with E-state index in [0.717, 1.165) is 17.5 Å². The van der Waals surface area contributed by atoms with Crippen molar-refractivity contribution in [3.8, 4) is 0 Å². The third-order valence-electron chi connectivity index (χ3n) is 2.58. The molecule has 1 aromatic heterocycles. The Morgan fingerprint density at radius 1 is 1.57 bits per heavy atom. The predicted molar refractivity (Wildman–Crippen MR) is 53.8 cm³/mol. The summed E-state index contributed by atoms with van der Waals surface area (Å²) in [5.41, 5.74) is 5.78. The largest absolute Gasteiger partial charge is 0.387 e. The number of aromatic nitrogens is 3. The van der Waals surface area contributed by atoms with E-state index in [1.807, 2.05) is 18.5 Å². The van der Waals surface area contributed by atoms with Crippen molar-refractivity contribution in [2.75, 3.05) is 0 Å². The zero-order valence-electron chi connectivity index (χ0n) is 8.56. The maximum atomic E-state index is 5.78. The quantitative estimate of drug-likeness (QED) is 0.557. The van der Waals surface area contributed by atoms with E-state index < -0.39 is 0 Å². The summed E-state index contributed by atoms with van der Waals surface area (Å²) in [6.45, 7) is 2.46. The standard InChI is InChI=1S/C9H15N5/c1-6-12-13-8(14(6)2)5-11-9(10)7-3-4-7/h7H,3-5H2,1-2H3,(H2,10,11). The summed E-state index contributed by atoms with van der Waals surface area (Å²) in [6, 6.07) is 0. The summed E-state index contributed by atoms with van der Waals surface area (Å²) in [6.07, 6.45) is 2.38. The Hall–Kier alpha value is -1.39. The number of amidine groups is 1. The lowest BCUT2D eigenvalue weighted by Gasteiger charge is -1.99. The fourth-order valence-electron chi connectivity index (χ4n) is 1.26. The second kappa shape index (κ2) is 3.40. The van der Waals surface area contributed by atoms with Crippen molar-refractivity contribution in [1.82, 2.24) is 14.8 Å². The first-order valence-electron chi connectivity index (χ1n) is 4.83. The number of nitrogens with two attached hydrogens (primary N) is 1. The number of rotatable bonds is 3. The van der Waals surface area contributed by atoms with Crippen LogP contribution in [0.5, 0.6) is 0 Å². The van der Waals surface area contributed by atoms with E-state index in [1.165, 1.54) is 12.8 Å². The number of hydrogen-bond acceptors (Lipinski definition) is 3. The molecule has 0 amide bonds. The Balaban J connectivity index is 2.03.